The molecular formula is C7HF3N. The van der Waals surface area contributed by atoms with E-state index in [4.69, 9.17) is 5.26 Å². The molecule has 0 saturated carbocycles. The van der Waals surface area contributed by atoms with Crippen LogP contribution < -0.4 is 0 Å². The fourth-order valence-electron chi connectivity index (χ4n) is 0.558. The van der Waals surface area contributed by atoms with Crippen molar-refractivity contribution in [3.63, 3.8) is 0 Å². The minimum absolute atomic E-state index is 0.580. The Balaban J connectivity index is 3.40. The molecule has 1 nitrogen and oxygen atoms in total. The first-order chi connectivity index (χ1) is 5.16. The molecule has 0 aliphatic rings. The van der Waals surface area contributed by atoms with Gasteiger partial charge < -0.3 is 0 Å². The molecule has 1 radical (unpaired) electrons. The number of nitrogens with zero attached hydrogens (tertiary/aromatic N) is 1. The molecule has 1 rings (SSSR count). The van der Waals surface area contributed by atoms with E-state index in [1.165, 1.54) is 6.07 Å². The van der Waals surface area contributed by atoms with Gasteiger partial charge in [0.1, 0.15) is 6.07 Å². The lowest BCUT2D eigenvalue weighted by molar-refractivity contribution is 0.445. The van der Waals surface area contributed by atoms with E-state index in [1.54, 1.807) is 0 Å². The topological polar surface area (TPSA) is 23.8 Å². The van der Waals surface area contributed by atoms with Crippen molar-refractivity contribution in [2.45, 2.75) is 0 Å². The zero-order valence-electron chi connectivity index (χ0n) is 5.16. The van der Waals surface area contributed by atoms with Crippen LogP contribution in [0.25, 0.3) is 0 Å². The monoisotopic (exact) mass is 156 g/mol. The minimum atomic E-state index is -1.64. The van der Waals surface area contributed by atoms with E-state index in [0.29, 0.717) is 6.07 Å². The molecule has 0 atom stereocenters. The van der Waals surface area contributed by atoms with E-state index in [1.807, 2.05) is 6.07 Å². The van der Waals surface area contributed by atoms with Crippen LogP contribution >= 0.6 is 0 Å². The summed E-state index contributed by atoms with van der Waals surface area (Å²) < 4.78 is 36.8. The highest BCUT2D eigenvalue weighted by Crippen LogP contribution is 2.12. The molecule has 0 bridgehead atoms. The number of hydrogen-bond donors (Lipinski definition) is 0. The molecule has 0 saturated heterocycles. The molecule has 0 fully saturated rings. The van der Waals surface area contributed by atoms with Gasteiger partial charge in [0.15, 0.2) is 17.5 Å². The number of hydrogen-bond acceptors (Lipinski definition) is 1. The maximum absolute atomic E-state index is 12.4. The Bertz CT molecular complexity index is 327. The van der Waals surface area contributed by atoms with E-state index in [2.05, 4.69) is 0 Å². The summed E-state index contributed by atoms with van der Waals surface area (Å²) in [4.78, 5) is 0. The summed E-state index contributed by atoms with van der Waals surface area (Å²) in [5, 5.41) is 8.12. The summed E-state index contributed by atoms with van der Waals surface area (Å²) in [5.74, 6) is -4.48. The van der Waals surface area contributed by atoms with E-state index < -0.39 is 23.0 Å². The number of nitriles is 1. The highest BCUT2D eigenvalue weighted by molar-refractivity contribution is 5.29. The van der Waals surface area contributed by atoms with Gasteiger partial charge in [0.05, 0.1) is 5.56 Å². The highest BCUT2D eigenvalue weighted by Gasteiger charge is 2.12. The van der Waals surface area contributed by atoms with Crippen LogP contribution in [0.1, 0.15) is 5.56 Å². The molecule has 1 aromatic carbocycles. The molecule has 4 heteroatoms. The van der Waals surface area contributed by atoms with Gasteiger partial charge in [0.25, 0.3) is 0 Å². The SMILES string of the molecule is N#Cc1[c]cc(F)c(F)c1F. The lowest BCUT2D eigenvalue weighted by Crippen LogP contribution is -1.93. The van der Waals surface area contributed by atoms with Gasteiger partial charge in [-0.1, -0.05) is 0 Å². The van der Waals surface area contributed by atoms with Gasteiger partial charge in [-0.3, -0.25) is 0 Å². The van der Waals surface area contributed by atoms with Crippen LogP contribution in [0.5, 0.6) is 0 Å². The summed E-state index contributed by atoms with van der Waals surface area (Å²) >= 11 is 0. The Labute approximate surface area is 60.7 Å². The number of benzene rings is 1. The molecule has 11 heavy (non-hydrogen) atoms. The van der Waals surface area contributed by atoms with Crippen molar-refractivity contribution in [3.8, 4) is 6.07 Å². The second kappa shape index (κ2) is 2.62. The first-order valence-corrected chi connectivity index (χ1v) is 2.62. The average Bonchev–Trinajstić information content (AvgIpc) is 2.01. The van der Waals surface area contributed by atoms with Crippen LogP contribution in [0, 0.1) is 34.8 Å². The van der Waals surface area contributed by atoms with E-state index in [9.17, 15) is 13.2 Å². The Morgan fingerprint density at radius 3 is 2.45 bits per heavy atom. The lowest BCUT2D eigenvalue weighted by Gasteiger charge is -1.94. The summed E-state index contributed by atoms with van der Waals surface area (Å²) in [6.07, 6.45) is 0. The van der Waals surface area contributed by atoms with Gasteiger partial charge in [-0.2, -0.15) is 5.26 Å². The normalized spacial score (nSPS) is 9.27. The minimum Gasteiger partial charge on any atom is -0.204 e. The van der Waals surface area contributed by atoms with Gasteiger partial charge >= 0.3 is 0 Å². The lowest BCUT2D eigenvalue weighted by atomic mass is 10.2. The van der Waals surface area contributed by atoms with Crippen molar-refractivity contribution in [1.29, 1.82) is 5.26 Å². The van der Waals surface area contributed by atoms with Crippen LogP contribution in [0.3, 0.4) is 0 Å². The van der Waals surface area contributed by atoms with Gasteiger partial charge in [0.2, 0.25) is 0 Å². The largest absolute Gasteiger partial charge is 0.204 e. The summed E-state index contributed by atoms with van der Waals surface area (Å²) in [6, 6.07) is 3.85. The first kappa shape index (κ1) is 7.61. The molecule has 0 N–H and O–H groups in total. The van der Waals surface area contributed by atoms with Crippen LogP contribution in [-0.4, -0.2) is 0 Å². The Morgan fingerprint density at radius 1 is 1.27 bits per heavy atom. The number of halogens is 3. The molecule has 0 aromatic heterocycles. The molecule has 0 spiro atoms. The molecule has 0 aliphatic carbocycles. The Morgan fingerprint density at radius 2 is 1.91 bits per heavy atom. The molecule has 1 aromatic rings. The van der Waals surface area contributed by atoms with Crippen molar-refractivity contribution < 1.29 is 13.2 Å². The maximum Gasteiger partial charge on any atom is 0.195 e. The molecule has 0 unspecified atom stereocenters. The van der Waals surface area contributed by atoms with E-state index in [0.717, 1.165) is 0 Å². The number of rotatable bonds is 0. The van der Waals surface area contributed by atoms with Crippen LogP contribution in [0.4, 0.5) is 13.2 Å². The van der Waals surface area contributed by atoms with Crippen molar-refractivity contribution in [1.82, 2.24) is 0 Å². The second-order valence-corrected chi connectivity index (χ2v) is 1.75. The van der Waals surface area contributed by atoms with Crippen LogP contribution in [0.15, 0.2) is 6.07 Å². The highest BCUT2D eigenvalue weighted by atomic mass is 19.2. The Kier molecular flexibility index (Phi) is 1.81. The second-order valence-electron chi connectivity index (χ2n) is 1.75. The predicted octanol–water partition coefficient (Wildman–Crippen LogP) is 1.78. The predicted molar refractivity (Wildman–Crippen MR) is 29.9 cm³/mol. The van der Waals surface area contributed by atoms with Gasteiger partial charge in [-0.25, -0.2) is 13.2 Å². The first-order valence-electron chi connectivity index (χ1n) is 2.62. The fourth-order valence-corrected chi connectivity index (χ4v) is 0.558. The summed E-state index contributed by atoms with van der Waals surface area (Å²) in [6.45, 7) is 0. The van der Waals surface area contributed by atoms with Gasteiger partial charge in [-0.05, 0) is 6.07 Å². The third-order valence-corrected chi connectivity index (χ3v) is 1.08. The molecule has 0 aliphatic heterocycles. The van der Waals surface area contributed by atoms with Gasteiger partial charge in [0, 0.05) is 6.07 Å². The van der Waals surface area contributed by atoms with Crippen LogP contribution in [0.2, 0.25) is 0 Å². The smallest absolute Gasteiger partial charge is 0.195 e. The fraction of sp³-hybridized carbons (Fsp3) is 0. The Hall–Kier alpha value is -1.50. The molecule has 0 amide bonds. The molecule has 55 valence electrons. The standard InChI is InChI=1S/C7HF3N/c8-5-2-1-4(3-11)6(9)7(5)10/h2H. The summed E-state index contributed by atoms with van der Waals surface area (Å²) in [7, 11) is 0. The average molecular weight is 156 g/mol. The third-order valence-electron chi connectivity index (χ3n) is 1.08. The molecular weight excluding hydrogens is 155 g/mol. The van der Waals surface area contributed by atoms with Crippen LogP contribution in [-0.2, 0) is 0 Å². The third kappa shape index (κ3) is 1.17. The van der Waals surface area contributed by atoms with Crippen molar-refractivity contribution in [3.05, 3.63) is 35.1 Å². The quantitative estimate of drug-likeness (QED) is 0.525. The van der Waals surface area contributed by atoms with E-state index in [-0.39, 0.29) is 0 Å². The van der Waals surface area contributed by atoms with Crippen molar-refractivity contribution >= 4 is 0 Å². The zero-order valence-corrected chi connectivity index (χ0v) is 5.16. The van der Waals surface area contributed by atoms with E-state index >= 15 is 0 Å². The van der Waals surface area contributed by atoms with Gasteiger partial charge in [-0.15, -0.1) is 0 Å². The van der Waals surface area contributed by atoms with Crippen molar-refractivity contribution in [2.24, 2.45) is 0 Å². The summed E-state index contributed by atoms with van der Waals surface area (Å²) in [5.41, 5.74) is -0.621. The van der Waals surface area contributed by atoms with Crippen molar-refractivity contribution in [2.75, 3.05) is 0 Å². The zero-order chi connectivity index (χ0) is 8.43. The molecule has 0 heterocycles. The maximum atomic E-state index is 12.4.